The van der Waals surface area contributed by atoms with Gasteiger partial charge in [-0.3, -0.25) is 9.36 Å². The number of hydrogen-bond acceptors (Lipinski definition) is 6. The van der Waals surface area contributed by atoms with Crippen molar-refractivity contribution in [2.45, 2.75) is 5.16 Å². The Bertz CT molecular complexity index is 1450. The van der Waals surface area contributed by atoms with Gasteiger partial charge >= 0.3 is 0 Å². The van der Waals surface area contributed by atoms with Crippen molar-refractivity contribution in [2.24, 2.45) is 0 Å². The molecule has 0 aliphatic carbocycles. The number of fused-ring (bicyclic) bond motifs is 1. The summed E-state index contributed by atoms with van der Waals surface area (Å²) >= 11 is 1.26. The number of carbonyl (C=O) groups is 1. The third-order valence-electron chi connectivity index (χ3n) is 4.95. The molecule has 3 aromatic carbocycles. The number of nitriles is 1. The zero-order valence-electron chi connectivity index (χ0n) is 17.3. The number of benzene rings is 3. The SMILES string of the molecule is N#Cc1ccccc1NC(=O)CSc1nnc(-c2cc3ccccc3o2)n1-c1ccccc1. The van der Waals surface area contributed by atoms with E-state index in [9.17, 15) is 10.1 Å². The molecule has 160 valence electrons. The maximum atomic E-state index is 12.6. The Balaban J connectivity index is 1.44. The number of thioether (sulfide) groups is 1. The van der Waals surface area contributed by atoms with E-state index in [-0.39, 0.29) is 11.7 Å². The van der Waals surface area contributed by atoms with Crippen molar-refractivity contribution in [1.29, 1.82) is 5.26 Å². The van der Waals surface area contributed by atoms with E-state index in [0.29, 0.717) is 28.0 Å². The summed E-state index contributed by atoms with van der Waals surface area (Å²) in [6.45, 7) is 0. The molecule has 1 N–H and O–H groups in total. The van der Waals surface area contributed by atoms with E-state index in [1.54, 1.807) is 24.3 Å². The Morgan fingerprint density at radius 3 is 2.58 bits per heavy atom. The predicted octanol–water partition coefficient (Wildman–Crippen LogP) is 5.28. The minimum absolute atomic E-state index is 0.102. The summed E-state index contributed by atoms with van der Waals surface area (Å²) in [6, 6.07) is 28.3. The van der Waals surface area contributed by atoms with Gasteiger partial charge < -0.3 is 9.73 Å². The highest BCUT2D eigenvalue weighted by Crippen LogP contribution is 2.31. The Morgan fingerprint density at radius 1 is 1.00 bits per heavy atom. The first-order chi connectivity index (χ1) is 16.2. The van der Waals surface area contributed by atoms with E-state index in [1.807, 2.05) is 65.2 Å². The highest BCUT2D eigenvalue weighted by Gasteiger charge is 2.20. The van der Waals surface area contributed by atoms with Crippen LogP contribution in [0.25, 0.3) is 28.2 Å². The number of anilines is 1. The van der Waals surface area contributed by atoms with Gasteiger partial charge in [0.25, 0.3) is 0 Å². The molecule has 2 aromatic heterocycles. The number of amides is 1. The Kier molecular flexibility index (Phi) is 5.62. The summed E-state index contributed by atoms with van der Waals surface area (Å²) in [7, 11) is 0. The highest BCUT2D eigenvalue weighted by atomic mass is 32.2. The van der Waals surface area contributed by atoms with Gasteiger partial charge in [-0.15, -0.1) is 10.2 Å². The number of rotatable bonds is 6. The molecule has 1 amide bonds. The predicted molar refractivity (Wildman–Crippen MR) is 127 cm³/mol. The molecule has 0 atom stereocenters. The van der Waals surface area contributed by atoms with Crippen LogP contribution in [0, 0.1) is 11.3 Å². The number of carbonyl (C=O) groups excluding carboxylic acids is 1. The molecular weight excluding hydrogens is 434 g/mol. The molecule has 0 unspecified atom stereocenters. The highest BCUT2D eigenvalue weighted by molar-refractivity contribution is 7.99. The van der Waals surface area contributed by atoms with Crippen LogP contribution in [0.5, 0.6) is 0 Å². The molecule has 7 nitrogen and oxygen atoms in total. The van der Waals surface area contributed by atoms with Gasteiger partial charge in [0.2, 0.25) is 11.7 Å². The van der Waals surface area contributed by atoms with Gasteiger partial charge in [-0.25, -0.2) is 0 Å². The fourth-order valence-corrected chi connectivity index (χ4v) is 4.18. The molecule has 0 spiro atoms. The van der Waals surface area contributed by atoms with E-state index in [2.05, 4.69) is 21.6 Å². The van der Waals surface area contributed by atoms with Gasteiger partial charge in [-0.05, 0) is 36.4 Å². The molecule has 0 saturated carbocycles. The third-order valence-corrected chi connectivity index (χ3v) is 5.88. The van der Waals surface area contributed by atoms with E-state index >= 15 is 0 Å². The first-order valence-corrected chi connectivity index (χ1v) is 11.1. The third kappa shape index (κ3) is 4.22. The zero-order valence-corrected chi connectivity index (χ0v) is 18.1. The standard InChI is InChI=1S/C25H17N5O2S/c26-15-18-9-4-6-12-20(18)27-23(31)16-33-25-29-28-24(30(25)19-10-2-1-3-11-19)22-14-17-8-5-7-13-21(17)32-22/h1-14H,16H2,(H,27,31). The number of furan rings is 1. The van der Waals surface area contributed by atoms with Crippen molar-refractivity contribution in [2.75, 3.05) is 11.1 Å². The molecule has 0 aliphatic heterocycles. The molecule has 0 saturated heterocycles. The van der Waals surface area contributed by atoms with Crippen molar-refractivity contribution < 1.29 is 9.21 Å². The second-order valence-corrected chi connectivity index (χ2v) is 8.06. The van der Waals surface area contributed by atoms with E-state index < -0.39 is 0 Å². The molecular formula is C25H17N5O2S. The van der Waals surface area contributed by atoms with Crippen LogP contribution in [0.2, 0.25) is 0 Å². The summed E-state index contributed by atoms with van der Waals surface area (Å²) in [5.74, 6) is 1.00. The summed E-state index contributed by atoms with van der Waals surface area (Å²) in [4.78, 5) is 12.6. The number of para-hydroxylation sites is 3. The van der Waals surface area contributed by atoms with E-state index in [1.165, 1.54) is 11.8 Å². The summed E-state index contributed by atoms with van der Waals surface area (Å²) < 4.78 is 7.89. The quantitative estimate of drug-likeness (QED) is 0.353. The minimum Gasteiger partial charge on any atom is -0.453 e. The second kappa shape index (κ2) is 9.02. The Labute approximate surface area is 193 Å². The van der Waals surface area contributed by atoms with Crippen molar-refractivity contribution in [1.82, 2.24) is 14.8 Å². The lowest BCUT2D eigenvalue weighted by Gasteiger charge is -2.09. The van der Waals surface area contributed by atoms with Crippen LogP contribution < -0.4 is 5.32 Å². The molecule has 5 aromatic rings. The number of nitrogens with one attached hydrogen (secondary N) is 1. The van der Waals surface area contributed by atoms with Crippen LogP contribution >= 0.6 is 11.8 Å². The molecule has 2 heterocycles. The smallest absolute Gasteiger partial charge is 0.234 e. The van der Waals surface area contributed by atoms with Crippen molar-refractivity contribution >= 4 is 34.3 Å². The average molecular weight is 452 g/mol. The average Bonchev–Trinajstić information content (AvgIpc) is 3.47. The number of aromatic nitrogens is 3. The van der Waals surface area contributed by atoms with Crippen LogP contribution in [0.15, 0.2) is 94.5 Å². The fourth-order valence-electron chi connectivity index (χ4n) is 3.43. The lowest BCUT2D eigenvalue weighted by atomic mass is 10.2. The van der Waals surface area contributed by atoms with Gasteiger partial charge in [-0.2, -0.15) is 5.26 Å². The van der Waals surface area contributed by atoms with E-state index in [4.69, 9.17) is 4.42 Å². The molecule has 0 fully saturated rings. The van der Waals surface area contributed by atoms with Crippen molar-refractivity contribution in [3.05, 3.63) is 90.5 Å². The topological polar surface area (TPSA) is 96.7 Å². The molecule has 8 heteroatoms. The first-order valence-electron chi connectivity index (χ1n) is 10.1. The minimum atomic E-state index is -0.240. The molecule has 0 aliphatic rings. The lowest BCUT2D eigenvalue weighted by Crippen LogP contribution is -2.15. The van der Waals surface area contributed by atoms with Gasteiger partial charge in [-0.1, -0.05) is 60.3 Å². The zero-order chi connectivity index (χ0) is 22.6. The molecule has 33 heavy (non-hydrogen) atoms. The van der Waals surface area contributed by atoms with Crippen molar-refractivity contribution in [3.8, 4) is 23.3 Å². The van der Waals surface area contributed by atoms with Gasteiger partial charge in [0.15, 0.2) is 10.9 Å². The van der Waals surface area contributed by atoms with Crippen LogP contribution in [0.4, 0.5) is 5.69 Å². The van der Waals surface area contributed by atoms with Crippen LogP contribution in [-0.4, -0.2) is 26.4 Å². The van der Waals surface area contributed by atoms with E-state index in [0.717, 1.165) is 16.7 Å². The number of hydrogen-bond donors (Lipinski definition) is 1. The normalized spacial score (nSPS) is 10.8. The summed E-state index contributed by atoms with van der Waals surface area (Å²) in [5.41, 5.74) is 2.52. The monoisotopic (exact) mass is 451 g/mol. The maximum Gasteiger partial charge on any atom is 0.234 e. The number of nitrogens with zero attached hydrogens (tertiary/aromatic N) is 4. The molecule has 5 rings (SSSR count). The van der Waals surface area contributed by atoms with Crippen LogP contribution in [-0.2, 0) is 4.79 Å². The fraction of sp³-hybridized carbons (Fsp3) is 0.0400. The van der Waals surface area contributed by atoms with Crippen LogP contribution in [0.1, 0.15) is 5.56 Å². The van der Waals surface area contributed by atoms with Crippen molar-refractivity contribution in [3.63, 3.8) is 0 Å². The van der Waals surface area contributed by atoms with Gasteiger partial charge in [0, 0.05) is 11.1 Å². The van der Waals surface area contributed by atoms with Gasteiger partial charge in [0.1, 0.15) is 11.7 Å². The Hall–Kier alpha value is -4.35. The van der Waals surface area contributed by atoms with Crippen LogP contribution in [0.3, 0.4) is 0 Å². The second-order valence-electron chi connectivity index (χ2n) is 7.12. The maximum absolute atomic E-state index is 12.6. The molecule has 0 bridgehead atoms. The summed E-state index contributed by atoms with van der Waals surface area (Å²) in [5, 5.41) is 22.3. The first kappa shape index (κ1) is 20.5. The lowest BCUT2D eigenvalue weighted by molar-refractivity contribution is -0.113. The van der Waals surface area contributed by atoms with Gasteiger partial charge in [0.05, 0.1) is 17.0 Å². The molecule has 0 radical (unpaired) electrons. The largest absolute Gasteiger partial charge is 0.453 e. The summed E-state index contributed by atoms with van der Waals surface area (Å²) in [6.07, 6.45) is 0. The Morgan fingerprint density at radius 2 is 1.76 bits per heavy atom.